The van der Waals surface area contributed by atoms with E-state index in [-0.39, 0.29) is 11.6 Å². The number of aromatic nitrogens is 2. The summed E-state index contributed by atoms with van der Waals surface area (Å²) >= 11 is 0. The fourth-order valence-electron chi connectivity index (χ4n) is 3.55. The molecule has 1 saturated carbocycles. The topological polar surface area (TPSA) is 55.6 Å². The Hall–Kier alpha value is -2.82. The molecule has 0 aliphatic heterocycles. The minimum atomic E-state index is -0.498. The average molecular weight is 363 g/mol. The summed E-state index contributed by atoms with van der Waals surface area (Å²) < 4.78 is 7.47. The van der Waals surface area contributed by atoms with Crippen molar-refractivity contribution in [3.05, 3.63) is 60.4 Å². The number of alkyl carbamates (subject to hydrolysis) is 1. The molecule has 0 radical (unpaired) electrons. The number of nitrogens with zero attached hydrogens (tertiary/aromatic N) is 2. The first-order valence-corrected chi connectivity index (χ1v) is 9.41. The number of hydrogen-bond acceptors (Lipinski definition) is 3. The van der Waals surface area contributed by atoms with E-state index in [9.17, 15) is 4.79 Å². The average Bonchev–Trinajstić information content (AvgIpc) is 3.01. The van der Waals surface area contributed by atoms with Gasteiger partial charge in [-0.1, -0.05) is 30.3 Å². The van der Waals surface area contributed by atoms with Gasteiger partial charge < -0.3 is 14.5 Å². The number of benzene rings is 1. The molecule has 0 unspecified atom stereocenters. The van der Waals surface area contributed by atoms with Gasteiger partial charge in [-0.05, 0) is 57.7 Å². The Morgan fingerprint density at radius 2 is 1.89 bits per heavy atom. The van der Waals surface area contributed by atoms with Gasteiger partial charge in [0, 0.05) is 18.0 Å². The Kier molecular flexibility index (Phi) is 4.17. The molecule has 3 aromatic rings. The molecule has 1 N–H and O–H groups in total. The number of rotatable bonds is 3. The first kappa shape index (κ1) is 17.6. The predicted octanol–water partition coefficient (Wildman–Crippen LogP) is 4.91. The Balaban J connectivity index is 1.56. The maximum absolute atomic E-state index is 12.3. The lowest BCUT2D eigenvalue weighted by atomic mass is 9.72. The van der Waals surface area contributed by atoms with Crippen molar-refractivity contribution in [3.63, 3.8) is 0 Å². The number of fused-ring (bicyclic) bond motifs is 1. The van der Waals surface area contributed by atoms with Crippen LogP contribution < -0.4 is 5.32 Å². The third-order valence-corrected chi connectivity index (χ3v) is 5.04. The summed E-state index contributed by atoms with van der Waals surface area (Å²) in [5, 5.41) is 3.10. The normalized spacial score (nSPS) is 16.0. The van der Waals surface area contributed by atoms with Gasteiger partial charge in [0.2, 0.25) is 0 Å². The van der Waals surface area contributed by atoms with Crippen molar-refractivity contribution in [2.24, 2.45) is 0 Å². The molecule has 140 valence electrons. The van der Waals surface area contributed by atoms with E-state index in [1.165, 1.54) is 0 Å². The molecule has 4 rings (SSSR count). The summed E-state index contributed by atoms with van der Waals surface area (Å²) in [5.74, 6) is 0. The van der Waals surface area contributed by atoms with Gasteiger partial charge in [0.05, 0.1) is 11.2 Å². The summed E-state index contributed by atoms with van der Waals surface area (Å²) in [5.41, 5.74) is 3.23. The van der Waals surface area contributed by atoms with Crippen molar-refractivity contribution in [2.75, 3.05) is 0 Å². The molecule has 1 aromatic carbocycles. The molecule has 0 atom stereocenters. The number of imidazole rings is 1. The van der Waals surface area contributed by atoms with E-state index in [1.54, 1.807) is 0 Å². The van der Waals surface area contributed by atoms with Crippen LogP contribution in [0.2, 0.25) is 0 Å². The molecule has 2 aromatic heterocycles. The number of nitrogens with one attached hydrogen (secondary N) is 1. The minimum absolute atomic E-state index is 0.320. The number of carbonyl (C=O) groups is 1. The maximum Gasteiger partial charge on any atom is 0.408 e. The highest BCUT2D eigenvalue weighted by molar-refractivity contribution is 5.70. The fourth-order valence-corrected chi connectivity index (χ4v) is 3.55. The highest BCUT2D eigenvalue weighted by atomic mass is 16.6. The van der Waals surface area contributed by atoms with Gasteiger partial charge >= 0.3 is 6.09 Å². The minimum Gasteiger partial charge on any atom is -0.444 e. The first-order valence-electron chi connectivity index (χ1n) is 9.41. The third kappa shape index (κ3) is 3.54. The Morgan fingerprint density at radius 1 is 1.15 bits per heavy atom. The molecule has 27 heavy (non-hydrogen) atoms. The van der Waals surface area contributed by atoms with Crippen molar-refractivity contribution in [3.8, 4) is 11.3 Å². The summed E-state index contributed by atoms with van der Waals surface area (Å²) in [6, 6.07) is 14.3. The van der Waals surface area contributed by atoms with Crippen molar-refractivity contribution in [1.29, 1.82) is 0 Å². The molecule has 0 saturated heterocycles. The zero-order valence-electron chi connectivity index (χ0n) is 16.0. The molecule has 1 fully saturated rings. The first-order chi connectivity index (χ1) is 12.8. The number of amides is 1. The summed E-state index contributed by atoms with van der Waals surface area (Å²) in [6.45, 7) is 5.64. The van der Waals surface area contributed by atoms with Crippen LogP contribution in [0.3, 0.4) is 0 Å². The SMILES string of the molecule is CC(C)(C)OC(=O)NC1(c2ccc(-c3cn4ccccc4n3)cc2)CCC1. The van der Waals surface area contributed by atoms with Gasteiger partial charge in [0.1, 0.15) is 11.2 Å². The molecule has 2 heterocycles. The zero-order chi connectivity index (χ0) is 19.1. The molecule has 5 heteroatoms. The van der Waals surface area contributed by atoms with Crippen LogP contribution in [0.1, 0.15) is 45.6 Å². The molecule has 0 bridgehead atoms. The lowest BCUT2D eigenvalue weighted by Gasteiger charge is -2.43. The number of carbonyl (C=O) groups excluding carboxylic acids is 1. The Bertz CT molecular complexity index is 930. The lowest BCUT2D eigenvalue weighted by molar-refractivity contribution is 0.0377. The molecular weight excluding hydrogens is 338 g/mol. The molecular formula is C22H25N3O2. The predicted molar refractivity (Wildman–Crippen MR) is 106 cm³/mol. The van der Waals surface area contributed by atoms with Crippen LogP contribution in [0.25, 0.3) is 16.9 Å². The van der Waals surface area contributed by atoms with Crippen molar-refractivity contribution >= 4 is 11.7 Å². The largest absolute Gasteiger partial charge is 0.444 e. The van der Waals surface area contributed by atoms with Crippen LogP contribution in [0.5, 0.6) is 0 Å². The standard InChI is InChI=1S/C22H25N3O2/c1-21(2,3)27-20(26)24-22(12-6-13-22)17-10-8-16(9-11-17)18-15-25-14-5-4-7-19(25)23-18/h4-5,7-11,14-15H,6,12-13H2,1-3H3,(H,24,26). The van der Waals surface area contributed by atoms with E-state index in [4.69, 9.17) is 4.74 Å². The molecule has 1 aliphatic rings. The Labute approximate surface area is 159 Å². The van der Waals surface area contributed by atoms with E-state index in [2.05, 4.69) is 34.6 Å². The number of hydrogen-bond donors (Lipinski definition) is 1. The van der Waals surface area contributed by atoms with Crippen LogP contribution >= 0.6 is 0 Å². The second-order valence-electron chi connectivity index (χ2n) is 8.23. The van der Waals surface area contributed by atoms with E-state index in [0.717, 1.165) is 41.7 Å². The summed E-state index contributed by atoms with van der Waals surface area (Å²) in [6.07, 6.45) is 6.63. The van der Waals surface area contributed by atoms with E-state index in [0.29, 0.717) is 0 Å². The lowest BCUT2D eigenvalue weighted by Crippen LogP contribution is -2.52. The number of ether oxygens (including phenoxy) is 1. The number of pyridine rings is 1. The van der Waals surface area contributed by atoms with Crippen molar-refractivity contribution in [1.82, 2.24) is 14.7 Å². The monoisotopic (exact) mass is 363 g/mol. The van der Waals surface area contributed by atoms with Crippen LogP contribution in [0, 0.1) is 0 Å². The smallest absolute Gasteiger partial charge is 0.408 e. The summed E-state index contributed by atoms with van der Waals surface area (Å²) in [4.78, 5) is 17.0. The molecule has 1 aliphatic carbocycles. The van der Waals surface area contributed by atoms with Gasteiger partial charge in [-0.2, -0.15) is 0 Å². The van der Waals surface area contributed by atoms with Crippen LogP contribution in [-0.2, 0) is 10.3 Å². The van der Waals surface area contributed by atoms with Crippen LogP contribution in [0.15, 0.2) is 54.9 Å². The third-order valence-electron chi connectivity index (χ3n) is 5.04. The second-order valence-corrected chi connectivity index (χ2v) is 8.23. The molecule has 1 amide bonds. The zero-order valence-corrected chi connectivity index (χ0v) is 16.0. The molecule has 0 spiro atoms. The maximum atomic E-state index is 12.3. The van der Waals surface area contributed by atoms with Crippen molar-refractivity contribution in [2.45, 2.75) is 51.2 Å². The highest BCUT2D eigenvalue weighted by Crippen LogP contribution is 2.42. The quantitative estimate of drug-likeness (QED) is 0.720. The van der Waals surface area contributed by atoms with Gasteiger partial charge in [-0.3, -0.25) is 0 Å². The van der Waals surface area contributed by atoms with Gasteiger partial charge in [0.25, 0.3) is 0 Å². The van der Waals surface area contributed by atoms with E-state index in [1.807, 2.05) is 55.8 Å². The van der Waals surface area contributed by atoms with E-state index >= 15 is 0 Å². The second kappa shape index (κ2) is 6.41. The van der Waals surface area contributed by atoms with Crippen LogP contribution in [-0.4, -0.2) is 21.1 Å². The van der Waals surface area contributed by atoms with Gasteiger partial charge in [-0.15, -0.1) is 0 Å². The molecule has 5 nitrogen and oxygen atoms in total. The van der Waals surface area contributed by atoms with Crippen molar-refractivity contribution < 1.29 is 9.53 Å². The van der Waals surface area contributed by atoms with Crippen LogP contribution in [0.4, 0.5) is 4.79 Å². The fraction of sp³-hybridized carbons (Fsp3) is 0.364. The van der Waals surface area contributed by atoms with E-state index < -0.39 is 5.60 Å². The highest BCUT2D eigenvalue weighted by Gasteiger charge is 2.41. The summed E-state index contributed by atoms with van der Waals surface area (Å²) in [7, 11) is 0. The van der Waals surface area contributed by atoms with Gasteiger partial charge in [-0.25, -0.2) is 9.78 Å². The Morgan fingerprint density at radius 3 is 2.48 bits per heavy atom. The van der Waals surface area contributed by atoms with Gasteiger partial charge in [0.15, 0.2) is 0 Å².